The molecule has 2 saturated heterocycles. The van der Waals surface area contributed by atoms with E-state index in [-0.39, 0.29) is 25.6 Å². The van der Waals surface area contributed by atoms with E-state index in [1.807, 2.05) is 0 Å². The van der Waals surface area contributed by atoms with Crippen LogP contribution in [0.4, 0.5) is 0 Å². The zero-order valence-electron chi connectivity index (χ0n) is 47.4. The number of esters is 1. The van der Waals surface area contributed by atoms with Crippen LogP contribution in [0.25, 0.3) is 0 Å². The molecule has 0 amide bonds. The fraction of sp³-hybridized carbons (Fsp3) is 0.983. The van der Waals surface area contributed by atoms with Crippen LogP contribution in [-0.4, -0.2) is 142 Å². The van der Waals surface area contributed by atoms with Crippen LogP contribution in [0.1, 0.15) is 277 Å². The summed E-state index contributed by atoms with van der Waals surface area (Å²) in [5.74, 6) is -0.366. The van der Waals surface area contributed by atoms with Crippen LogP contribution in [0.3, 0.4) is 0 Å². The summed E-state index contributed by atoms with van der Waals surface area (Å²) >= 11 is 0. The maximum Gasteiger partial charge on any atom is 0.306 e. The molecule has 14 heteroatoms. The van der Waals surface area contributed by atoms with E-state index in [0.717, 1.165) is 44.9 Å². The van der Waals surface area contributed by atoms with Crippen molar-refractivity contribution in [3.05, 3.63) is 0 Å². The number of aliphatic hydroxyl groups is 7. The molecule has 440 valence electrons. The molecule has 0 aromatic heterocycles. The number of aliphatic hydroxyl groups excluding tert-OH is 7. The maximum absolute atomic E-state index is 13.1. The average molecular weight is 1060 g/mol. The van der Waals surface area contributed by atoms with E-state index >= 15 is 0 Å². The van der Waals surface area contributed by atoms with Crippen LogP contribution >= 0.6 is 0 Å². The van der Waals surface area contributed by atoms with Gasteiger partial charge in [0, 0.05) is 13.0 Å². The highest BCUT2D eigenvalue weighted by Gasteiger charge is 2.47. The number of rotatable bonds is 52. The highest BCUT2D eigenvalue weighted by atomic mass is 16.7. The lowest BCUT2D eigenvalue weighted by molar-refractivity contribution is -0.332. The summed E-state index contributed by atoms with van der Waals surface area (Å²) in [5, 5.41) is 72.4. The van der Waals surface area contributed by atoms with Gasteiger partial charge in [0.15, 0.2) is 12.6 Å². The van der Waals surface area contributed by atoms with E-state index in [9.17, 15) is 40.5 Å². The molecule has 0 saturated carbocycles. The largest absolute Gasteiger partial charge is 0.457 e. The molecule has 74 heavy (non-hydrogen) atoms. The van der Waals surface area contributed by atoms with Gasteiger partial charge in [-0.2, -0.15) is 0 Å². The molecule has 0 radical (unpaired) electrons. The minimum atomic E-state index is -1.70. The van der Waals surface area contributed by atoms with E-state index in [4.69, 9.17) is 28.4 Å². The Bertz CT molecular complexity index is 1230. The van der Waals surface area contributed by atoms with Crippen LogP contribution in [-0.2, 0) is 33.2 Å². The van der Waals surface area contributed by atoms with Gasteiger partial charge >= 0.3 is 5.97 Å². The van der Waals surface area contributed by atoms with Gasteiger partial charge in [0.1, 0.15) is 54.9 Å². The molecule has 11 unspecified atom stereocenters. The standard InChI is InChI=1S/C60H116O14/c1-3-5-7-9-11-13-15-17-19-21-23-25-27-29-31-33-35-37-39-41-43-52(62)72-49(46-69-44-42-40-38-36-34-32-30-28-26-24-22-20-18-16-14-12-10-8-6-4-2)47-70-59-58(68)56(66)54(64)51(74-59)48-71-60-57(67)55(65)53(63)50(45-61)73-60/h49-51,53-61,63-68H,3-48H2,1-2H3. The Morgan fingerprint density at radius 3 is 1.09 bits per heavy atom. The predicted molar refractivity (Wildman–Crippen MR) is 294 cm³/mol. The Labute approximate surface area is 451 Å². The summed E-state index contributed by atoms with van der Waals surface area (Å²) < 4.78 is 34.5. The van der Waals surface area contributed by atoms with Crippen molar-refractivity contribution in [2.24, 2.45) is 0 Å². The Morgan fingerprint density at radius 1 is 0.392 bits per heavy atom. The number of hydrogen-bond donors (Lipinski definition) is 7. The van der Waals surface area contributed by atoms with Crippen molar-refractivity contribution < 1.29 is 69.0 Å². The molecule has 7 N–H and O–H groups in total. The fourth-order valence-electron chi connectivity index (χ4n) is 10.3. The molecule has 2 heterocycles. The number of carbonyl (C=O) groups excluding carboxylic acids is 1. The van der Waals surface area contributed by atoms with Crippen molar-refractivity contribution in [1.82, 2.24) is 0 Å². The van der Waals surface area contributed by atoms with E-state index in [2.05, 4.69) is 13.8 Å². The summed E-state index contributed by atoms with van der Waals surface area (Å²) in [4.78, 5) is 13.1. The molecule has 2 aliphatic heterocycles. The van der Waals surface area contributed by atoms with Crippen molar-refractivity contribution in [2.45, 2.75) is 345 Å². The zero-order chi connectivity index (χ0) is 53.7. The van der Waals surface area contributed by atoms with E-state index in [1.54, 1.807) is 0 Å². The van der Waals surface area contributed by atoms with E-state index < -0.39 is 80.7 Å². The topological polar surface area (TPSA) is 214 Å². The SMILES string of the molecule is CCCCCCCCCCCCCCCCCCCCCCOCC(COC1OC(COC2OC(CO)C(O)C(O)C2O)C(O)C(O)C1O)OC(=O)CCCCCCCCCCCCCCCCCCCCCC. The summed E-state index contributed by atoms with van der Waals surface area (Å²) in [6, 6.07) is 0. The van der Waals surface area contributed by atoms with Crippen LogP contribution < -0.4 is 0 Å². The average Bonchev–Trinajstić information content (AvgIpc) is 3.40. The summed E-state index contributed by atoms with van der Waals surface area (Å²) in [6.45, 7) is 3.78. The number of unbranched alkanes of at least 4 members (excludes halogenated alkanes) is 38. The number of carbonyl (C=O) groups is 1. The third kappa shape index (κ3) is 34.1. The van der Waals surface area contributed by atoms with Crippen molar-refractivity contribution >= 4 is 5.97 Å². The third-order valence-electron chi connectivity index (χ3n) is 15.4. The monoisotopic (exact) mass is 1060 g/mol. The van der Waals surface area contributed by atoms with Crippen molar-refractivity contribution in [2.75, 3.05) is 33.0 Å². The molecule has 0 bridgehead atoms. The highest BCUT2D eigenvalue weighted by Crippen LogP contribution is 2.27. The molecule has 14 nitrogen and oxygen atoms in total. The van der Waals surface area contributed by atoms with Gasteiger partial charge in [0.25, 0.3) is 0 Å². The lowest BCUT2D eigenvalue weighted by Crippen LogP contribution is -2.61. The first-order valence-corrected chi connectivity index (χ1v) is 31.1. The first-order chi connectivity index (χ1) is 36.1. The second-order valence-electron chi connectivity index (χ2n) is 22.3. The molecule has 11 atom stereocenters. The maximum atomic E-state index is 13.1. The Hall–Kier alpha value is -1.01. The number of ether oxygens (including phenoxy) is 6. The lowest BCUT2D eigenvalue weighted by Gasteiger charge is -2.42. The second kappa shape index (κ2) is 47.9. The molecular formula is C60H116O14. The summed E-state index contributed by atoms with van der Waals surface area (Å²) in [6.07, 6.45) is 35.9. The van der Waals surface area contributed by atoms with Gasteiger partial charge in [-0.15, -0.1) is 0 Å². The molecule has 0 aromatic carbocycles. The van der Waals surface area contributed by atoms with Gasteiger partial charge in [-0.3, -0.25) is 4.79 Å². The number of hydrogen-bond acceptors (Lipinski definition) is 14. The molecule has 2 fully saturated rings. The Morgan fingerprint density at radius 2 is 0.716 bits per heavy atom. The van der Waals surface area contributed by atoms with Crippen LogP contribution in [0.15, 0.2) is 0 Å². The van der Waals surface area contributed by atoms with Gasteiger partial charge in [-0.1, -0.05) is 258 Å². The fourth-order valence-corrected chi connectivity index (χ4v) is 10.3. The van der Waals surface area contributed by atoms with E-state index in [0.29, 0.717) is 6.61 Å². The van der Waals surface area contributed by atoms with E-state index in [1.165, 1.54) is 212 Å². The lowest BCUT2D eigenvalue weighted by atomic mass is 9.98. The first-order valence-electron chi connectivity index (χ1n) is 31.1. The van der Waals surface area contributed by atoms with Crippen molar-refractivity contribution in [3.8, 4) is 0 Å². The quantitative estimate of drug-likeness (QED) is 0.0223. The second-order valence-corrected chi connectivity index (χ2v) is 22.3. The molecule has 0 aliphatic carbocycles. The van der Waals surface area contributed by atoms with Gasteiger partial charge in [0.2, 0.25) is 0 Å². The smallest absolute Gasteiger partial charge is 0.306 e. The summed E-state index contributed by atoms with van der Waals surface area (Å²) in [5.41, 5.74) is 0. The van der Waals surface area contributed by atoms with Crippen molar-refractivity contribution in [1.29, 1.82) is 0 Å². The molecule has 0 spiro atoms. The Balaban J connectivity index is 1.68. The minimum absolute atomic E-state index is 0.0712. The summed E-state index contributed by atoms with van der Waals surface area (Å²) in [7, 11) is 0. The first kappa shape index (κ1) is 69.1. The van der Waals surface area contributed by atoms with Crippen LogP contribution in [0.5, 0.6) is 0 Å². The highest BCUT2D eigenvalue weighted by molar-refractivity contribution is 5.69. The van der Waals surface area contributed by atoms with Gasteiger partial charge < -0.3 is 64.2 Å². The Kier molecular flexibility index (Phi) is 44.8. The molecule has 0 aromatic rings. The third-order valence-corrected chi connectivity index (χ3v) is 15.4. The van der Waals surface area contributed by atoms with Crippen molar-refractivity contribution in [3.63, 3.8) is 0 Å². The molecule has 2 aliphatic rings. The zero-order valence-corrected chi connectivity index (χ0v) is 47.4. The van der Waals surface area contributed by atoms with Crippen LogP contribution in [0.2, 0.25) is 0 Å². The van der Waals surface area contributed by atoms with Gasteiger partial charge in [-0.25, -0.2) is 0 Å². The predicted octanol–water partition coefficient (Wildman–Crippen LogP) is 11.6. The van der Waals surface area contributed by atoms with Gasteiger partial charge in [0.05, 0.1) is 26.4 Å². The molecule has 2 rings (SSSR count). The normalized spacial score (nSPS) is 24.7. The van der Waals surface area contributed by atoms with Crippen LogP contribution in [0, 0.1) is 0 Å². The van der Waals surface area contributed by atoms with Gasteiger partial charge in [-0.05, 0) is 12.8 Å². The minimum Gasteiger partial charge on any atom is -0.457 e. The molecular weight excluding hydrogens is 945 g/mol.